The summed E-state index contributed by atoms with van der Waals surface area (Å²) in [6.45, 7) is 6.24. The standard InChI is InChI=1S/C57H88O6/c1-4-7-10-13-16-19-22-25-28-31-34-37-40-43-46-49-55(58)61-52-54(63-57(60)51-48-45-42-39-36-33-30-27-24-21-18-15-12-9-6-3)53-62-56(59)50-47-44-41-38-35-32-29-26-23-20-17-14-11-8-5-2/h7,9-10,12,16-21,25-30,34-39,54H,4-6,8,11,13-15,22-24,31-33,40-53H2,1-3H3/b10-7-,12-9-,19-16-,20-17-,21-18-,28-25-,29-26-,30-27-,37-34-,38-35-,39-36-/t54-/m0/s1. The van der Waals surface area contributed by atoms with Gasteiger partial charge in [0.25, 0.3) is 0 Å². The van der Waals surface area contributed by atoms with E-state index in [4.69, 9.17) is 14.2 Å². The zero-order valence-electron chi connectivity index (χ0n) is 40.0. The number of carbonyl (C=O) groups excluding carboxylic acids is 3. The van der Waals surface area contributed by atoms with E-state index >= 15 is 0 Å². The molecule has 0 bridgehead atoms. The first-order valence-corrected chi connectivity index (χ1v) is 24.7. The Morgan fingerprint density at radius 2 is 0.603 bits per heavy atom. The Hall–Kier alpha value is -4.45. The van der Waals surface area contributed by atoms with E-state index in [1.54, 1.807) is 0 Å². The summed E-state index contributed by atoms with van der Waals surface area (Å²) in [5, 5.41) is 0. The molecule has 0 aliphatic rings. The van der Waals surface area contributed by atoms with Crippen LogP contribution in [-0.2, 0) is 28.6 Å². The average Bonchev–Trinajstić information content (AvgIpc) is 3.28. The van der Waals surface area contributed by atoms with Gasteiger partial charge in [0, 0.05) is 19.3 Å². The number of carbonyl (C=O) groups is 3. The van der Waals surface area contributed by atoms with Gasteiger partial charge in [0.15, 0.2) is 6.10 Å². The second kappa shape index (κ2) is 50.2. The summed E-state index contributed by atoms with van der Waals surface area (Å²) < 4.78 is 16.7. The van der Waals surface area contributed by atoms with Gasteiger partial charge in [-0.2, -0.15) is 0 Å². The minimum Gasteiger partial charge on any atom is -0.462 e. The fraction of sp³-hybridized carbons (Fsp3) is 0.561. The molecule has 6 heteroatoms. The molecular formula is C57H88O6. The Bertz CT molecular complexity index is 1420. The summed E-state index contributed by atoms with van der Waals surface area (Å²) in [6.07, 6.45) is 70.1. The summed E-state index contributed by atoms with van der Waals surface area (Å²) in [6, 6.07) is 0. The van der Waals surface area contributed by atoms with Crippen LogP contribution in [0.4, 0.5) is 0 Å². The number of hydrogen-bond donors (Lipinski definition) is 0. The second-order valence-electron chi connectivity index (χ2n) is 15.6. The van der Waals surface area contributed by atoms with Crippen molar-refractivity contribution in [2.75, 3.05) is 13.2 Å². The lowest BCUT2D eigenvalue weighted by Gasteiger charge is -2.18. The average molecular weight is 869 g/mol. The van der Waals surface area contributed by atoms with E-state index in [2.05, 4.69) is 154 Å². The lowest BCUT2D eigenvalue weighted by atomic mass is 10.1. The summed E-state index contributed by atoms with van der Waals surface area (Å²) in [5.74, 6) is -1.06. The molecule has 0 aromatic heterocycles. The first-order chi connectivity index (χ1) is 31.0. The molecule has 0 aliphatic heterocycles. The van der Waals surface area contributed by atoms with Gasteiger partial charge in [-0.15, -0.1) is 0 Å². The van der Waals surface area contributed by atoms with Crippen LogP contribution in [0.15, 0.2) is 134 Å². The Morgan fingerprint density at radius 1 is 0.333 bits per heavy atom. The second-order valence-corrected chi connectivity index (χ2v) is 15.6. The molecule has 6 nitrogen and oxygen atoms in total. The van der Waals surface area contributed by atoms with Crippen molar-refractivity contribution in [3.8, 4) is 0 Å². The summed E-state index contributed by atoms with van der Waals surface area (Å²) in [7, 11) is 0. The van der Waals surface area contributed by atoms with Crippen molar-refractivity contribution in [1.29, 1.82) is 0 Å². The molecule has 0 spiro atoms. The monoisotopic (exact) mass is 869 g/mol. The highest BCUT2D eigenvalue weighted by atomic mass is 16.6. The summed E-state index contributed by atoms with van der Waals surface area (Å²) >= 11 is 0. The number of rotatable bonds is 42. The van der Waals surface area contributed by atoms with Gasteiger partial charge in [0.1, 0.15) is 13.2 Å². The van der Waals surface area contributed by atoms with E-state index in [9.17, 15) is 14.4 Å². The quantitative estimate of drug-likeness (QED) is 0.0263. The van der Waals surface area contributed by atoms with Gasteiger partial charge in [-0.25, -0.2) is 0 Å². The third-order valence-corrected chi connectivity index (χ3v) is 9.62. The zero-order valence-corrected chi connectivity index (χ0v) is 40.0. The van der Waals surface area contributed by atoms with Crippen LogP contribution in [0.5, 0.6) is 0 Å². The molecule has 0 aliphatic carbocycles. The fourth-order valence-corrected chi connectivity index (χ4v) is 5.96. The number of allylic oxidation sites excluding steroid dienone is 22. The molecule has 0 unspecified atom stereocenters. The molecule has 0 amide bonds. The van der Waals surface area contributed by atoms with E-state index in [0.717, 1.165) is 103 Å². The normalized spacial score (nSPS) is 13.3. The Kier molecular flexibility index (Phi) is 46.7. The summed E-state index contributed by atoms with van der Waals surface area (Å²) in [4.78, 5) is 37.9. The molecular weight excluding hydrogens is 781 g/mol. The van der Waals surface area contributed by atoms with Crippen molar-refractivity contribution < 1.29 is 28.6 Å². The molecule has 0 radical (unpaired) electrons. The highest BCUT2D eigenvalue weighted by Gasteiger charge is 2.19. The number of unbranched alkanes of at least 4 members (excludes halogenated alkanes) is 9. The lowest BCUT2D eigenvalue weighted by Crippen LogP contribution is -2.30. The van der Waals surface area contributed by atoms with Crippen molar-refractivity contribution >= 4 is 17.9 Å². The topological polar surface area (TPSA) is 78.9 Å². The summed E-state index contributed by atoms with van der Waals surface area (Å²) in [5.41, 5.74) is 0. The van der Waals surface area contributed by atoms with Crippen LogP contribution in [0.25, 0.3) is 0 Å². The third kappa shape index (κ3) is 48.4. The zero-order chi connectivity index (χ0) is 45.8. The SMILES string of the molecule is CC/C=C\C/C=C\C/C=C\C/C=C\CCCCC(=O)OC[C@@H](COC(=O)CCCC/C=C\C/C=C\C/C=C\CCCCC)OC(=O)CCCC/C=C\C/C=C\C/C=C\C/C=C\CC. The van der Waals surface area contributed by atoms with E-state index in [-0.39, 0.29) is 50.4 Å². The predicted octanol–water partition coefficient (Wildman–Crippen LogP) is 16.3. The molecule has 0 fully saturated rings. The molecule has 0 rings (SSSR count). The third-order valence-electron chi connectivity index (χ3n) is 9.62. The van der Waals surface area contributed by atoms with Gasteiger partial charge < -0.3 is 14.2 Å². The van der Waals surface area contributed by atoms with E-state index < -0.39 is 6.10 Å². The molecule has 352 valence electrons. The van der Waals surface area contributed by atoms with Crippen LogP contribution < -0.4 is 0 Å². The maximum absolute atomic E-state index is 12.8. The molecule has 0 saturated carbocycles. The maximum Gasteiger partial charge on any atom is 0.306 e. The smallest absolute Gasteiger partial charge is 0.306 e. The number of esters is 3. The number of hydrogen-bond acceptors (Lipinski definition) is 6. The van der Waals surface area contributed by atoms with E-state index in [0.29, 0.717) is 19.3 Å². The highest BCUT2D eigenvalue weighted by molar-refractivity contribution is 5.71. The van der Waals surface area contributed by atoms with Crippen molar-refractivity contribution in [2.24, 2.45) is 0 Å². The largest absolute Gasteiger partial charge is 0.462 e. The van der Waals surface area contributed by atoms with Crippen LogP contribution in [-0.4, -0.2) is 37.2 Å². The van der Waals surface area contributed by atoms with Crippen LogP contribution >= 0.6 is 0 Å². The van der Waals surface area contributed by atoms with Crippen molar-refractivity contribution in [1.82, 2.24) is 0 Å². The van der Waals surface area contributed by atoms with Gasteiger partial charge in [0.05, 0.1) is 0 Å². The molecule has 1 atom stereocenters. The minimum absolute atomic E-state index is 0.133. The number of ether oxygens (including phenoxy) is 3. The van der Waals surface area contributed by atoms with Crippen molar-refractivity contribution in [2.45, 2.75) is 194 Å². The van der Waals surface area contributed by atoms with Crippen molar-refractivity contribution in [3.05, 3.63) is 134 Å². The molecule has 0 N–H and O–H groups in total. The fourth-order valence-electron chi connectivity index (χ4n) is 5.96. The lowest BCUT2D eigenvalue weighted by molar-refractivity contribution is -0.167. The minimum atomic E-state index is -0.836. The predicted molar refractivity (Wildman–Crippen MR) is 269 cm³/mol. The van der Waals surface area contributed by atoms with Gasteiger partial charge in [-0.1, -0.05) is 167 Å². The molecule has 0 heterocycles. The Morgan fingerprint density at radius 3 is 0.905 bits per heavy atom. The van der Waals surface area contributed by atoms with Gasteiger partial charge in [-0.3, -0.25) is 14.4 Å². The first kappa shape index (κ1) is 58.6. The molecule has 0 aromatic carbocycles. The first-order valence-electron chi connectivity index (χ1n) is 24.7. The van der Waals surface area contributed by atoms with Crippen LogP contribution in [0.2, 0.25) is 0 Å². The van der Waals surface area contributed by atoms with Crippen LogP contribution in [0.1, 0.15) is 188 Å². The molecule has 63 heavy (non-hydrogen) atoms. The van der Waals surface area contributed by atoms with Crippen LogP contribution in [0, 0.1) is 0 Å². The molecule has 0 saturated heterocycles. The van der Waals surface area contributed by atoms with Gasteiger partial charge >= 0.3 is 17.9 Å². The highest BCUT2D eigenvalue weighted by Crippen LogP contribution is 2.10. The van der Waals surface area contributed by atoms with Crippen LogP contribution in [0.3, 0.4) is 0 Å². The molecule has 0 aromatic rings. The van der Waals surface area contributed by atoms with E-state index in [1.807, 2.05) is 0 Å². The maximum atomic E-state index is 12.8. The van der Waals surface area contributed by atoms with E-state index in [1.165, 1.54) is 25.7 Å². The van der Waals surface area contributed by atoms with Gasteiger partial charge in [-0.05, 0) is 135 Å². The Balaban J connectivity index is 4.62. The van der Waals surface area contributed by atoms with Crippen molar-refractivity contribution in [3.63, 3.8) is 0 Å². The van der Waals surface area contributed by atoms with Gasteiger partial charge in [0.2, 0.25) is 0 Å². The Labute approximate surface area is 385 Å².